The number of phenolic OH excluding ortho intramolecular Hbond substituents is 1. The summed E-state index contributed by atoms with van der Waals surface area (Å²) in [5.41, 5.74) is 4.38. The Morgan fingerprint density at radius 2 is 1.73 bits per heavy atom. The first-order chi connectivity index (χ1) is 10.6. The Morgan fingerprint density at radius 3 is 2.45 bits per heavy atom. The van der Waals surface area contributed by atoms with Gasteiger partial charge in [-0.25, -0.2) is 0 Å². The summed E-state index contributed by atoms with van der Waals surface area (Å²) in [4.78, 5) is 2.09. The molecule has 0 aliphatic rings. The van der Waals surface area contributed by atoms with Crippen molar-refractivity contribution in [3.63, 3.8) is 0 Å². The zero-order valence-electron chi connectivity index (χ0n) is 13.3. The van der Waals surface area contributed by atoms with Crippen LogP contribution in [0.3, 0.4) is 0 Å². The van der Waals surface area contributed by atoms with E-state index < -0.39 is 0 Å². The van der Waals surface area contributed by atoms with E-state index in [-0.39, 0.29) is 0 Å². The zero-order valence-corrected chi connectivity index (χ0v) is 13.3. The fourth-order valence-corrected chi connectivity index (χ4v) is 2.94. The van der Waals surface area contributed by atoms with Crippen LogP contribution in [0.4, 0.5) is 5.69 Å². The van der Waals surface area contributed by atoms with Crippen molar-refractivity contribution in [3.8, 4) is 16.9 Å². The van der Waals surface area contributed by atoms with Gasteiger partial charge in [-0.15, -0.1) is 0 Å². The van der Waals surface area contributed by atoms with Crippen molar-refractivity contribution in [2.75, 3.05) is 19.0 Å². The van der Waals surface area contributed by atoms with E-state index in [9.17, 15) is 5.11 Å². The van der Waals surface area contributed by atoms with Gasteiger partial charge in [-0.05, 0) is 41.0 Å². The number of aryl methyl sites for hydroxylation is 1. The van der Waals surface area contributed by atoms with Crippen LogP contribution in [0.25, 0.3) is 21.9 Å². The molecule has 0 fully saturated rings. The van der Waals surface area contributed by atoms with Gasteiger partial charge in [0.05, 0.1) is 0 Å². The molecule has 0 spiro atoms. The number of anilines is 1. The highest BCUT2D eigenvalue weighted by atomic mass is 16.3. The Kier molecular flexibility index (Phi) is 3.76. The molecule has 22 heavy (non-hydrogen) atoms. The molecule has 0 heterocycles. The summed E-state index contributed by atoms with van der Waals surface area (Å²) in [7, 11) is 4.07. The van der Waals surface area contributed by atoms with Crippen LogP contribution in [0.5, 0.6) is 5.75 Å². The smallest absolute Gasteiger partial charge is 0.124 e. The summed E-state index contributed by atoms with van der Waals surface area (Å²) in [6.07, 6.45) is 0.978. The van der Waals surface area contributed by atoms with E-state index in [0.29, 0.717) is 5.75 Å². The Labute approximate surface area is 131 Å². The largest absolute Gasteiger partial charge is 0.507 e. The van der Waals surface area contributed by atoms with Crippen LogP contribution in [0.15, 0.2) is 54.6 Å². The Balaban J connectivity index is 2.38. The number of nitrogens with zero attached hydrogens (tertiary/aromatic N) is 1. The van der Waals surface area contributed by atoms with Crippen LogP contribution >= 0.6 is 0 Å². The van der Waals surface area contributed by atoms with Gasteiger partial charge in [-0.1, -0.05) is 43.3 Å². The molecule has 0 bridgehead atoms. The number of aromatic hydroxyl groups is 1. The summed E-state index contributed by atoms with van der Waals surface area (Å²) >= 11 is 0. The van der Waals surface area contributed by atoms with Gasteiger partial charge in [-0.2, -0.15) is 0 Å². The van der Waals surface area contributed by atoms with Crippen LogP contribution in [0.1, 0.15) is 12.5 Å². The van der Waals surface area contributed by atoms with Gasteiger partial charge in [0.2, 0.25) is 0 Å². The molecular weight excluding hydrogens is 270 g/mol. The highest BCUT2D eigenvalue weighted by Gasteiger charge is 2.14. The lowest BCUT2D eigenvalue weighted by atomic mass is 9.94. The fraction of sp³-hybridized carbons (Fsp3) is 0.200. The van der Waals surface area contributed by atoms with Gasteiger partial charge in [-0.3, -0.25) is 0 Å². The number of phenols is 1. The predicted molar refractivity (Wildman–Crippen MR) is 94.8 cm³/mol. The third kappa shape index (κ3) is 2.41. The van der Waals surface area contributed by atoms with E-state index >= 15 is 0 Å². The third-order valence-electron chi connectivity index (χ3n) is 4.13. The first kappa shape index (κ1) is 14.5. The normalized spacial score (nSPS) is 10.9. The molecule has 2 nitrogen and oxygen atoms in total. The molecule has 3 rings (SSSR count). The minimum atomic E-state index is 0.329. The molecule has 0 saturated heterocycles. The summed E-state index contributed by atoms with van der Waals surface area (Å²) in [5.74, 6) is 0.329. The number of rotatable bonds is 3. The van der Waals surface area contributed by atoms with Gasteiger partial charge in [0.25, 0.3) is 0 Å². The average Bonchev–Trinajstić information content (AvgIpc) is 2.54. The van der Waals surface area contributed by atoms with E-state index in [1.54, 1.807) is 6.07 Å². The number of benzene rings is 3. The molecule has 0 aliphatic heterocycles. The molecule has 3 aromatic carbocycles. The lowest BCUT2D eigenvalue weighted by molar-refractivity contribution is 0.478. The third-order valence-corrected chi connectivity index (χ3v) is 4.13. The molecule has 2 heteroatoms. The van der Waals surface area contributed by atoms with Crippen molar-refractivity contribution in [2.24, 2.45) is 0 Å². The van der Waals surface area contributed by atoms with Gasteiger partial charge >= 0.3 is 0 Å². The van der Waals surface area contributed by atoms with E-state index in [1.807, 2.05) is 32.3 Å². The van der Waals surface area contributed by atoms with Crippen LogP contribution in [0, 0.1) is 0 Å². The van der Waals surface area contributed by atoms with Crippen molar-refractivity contribution in [3.05, 3.63) is 60.2 Å². The molecule has 0 atom stereocenters. The zero-order chi connectivity index (χ0) is 15.7. The molecule has 1 N–H and O–H groups in total. The minimum Gasteiger partial charge on any atom is -0.507 e. The second kappa shape index (κ2) is 5.72. The van der Waals surface area contributed by atoms with E-state index in [0.717, 1.165) is 34.0 Å². The lowest BCUT2D eigenvalue weighted by Crippen LogP contribution is -2.10. The monoisotopic (exact) mass is 291 g/mol. The molecule has 0 amide bonds. The van der Waals surface area contributed by atoms with Crippen molar-refractivity contribution in [1.82, 2.24) is 0 Å². The standard InChI is InChI=1S/C20H21NO/c1-4-14-9-11-18(21(2)3)17(13-14)20-16-8-6-5-7-15(16)10-12-19(20)22/h5-13,22H,4H2,1-3H3. The number of fused-ring (bicyclic) bond motifs is 1. The van der Waals surface area contributed by atoms with E-state index in [2.05, 4.69) is 42.2 Å². The predicted octanol–water partition coefficient (Wildman–Crippen LogP) is 4.84. The van der Waals surface area contributed by atoms with Gasteiger partial charge < -0.3 is 10.0 Å². The molecule has 0 saturated carbocycles. The maximum atomic E-state index is 10.5. The van der Waals surface area contributed by atoms with Gasteiger partial charge in [0, 0.05) is 30.9 Å². The summed E-state index contributed by atoms with van der Waals surface area (Å²) in [5, 5.41) is 12.7. The molecule has 0 aliphatic carbocycles. The van der Waals surface area contributed by atoms with Crippen LogP contribution in [0.2, 0.25) is 0 Å². The topological polar surface area (TPSA) is 23.5 Å². The second-order valence-electron chi connectivity index (χ2n) is 5.78. The fourth-order valence-electron chi connectivity index (χ4n) is 2.94. The minimum absolute atomic E-state index is 0.329. The molecule has 0 radical (unpaired) electrons. The van der Waals surface area contributed by atoms with Crippen LogP contribution in [-0.4, -0.2) is 19.2 Å². The van der Waals surface area contributed by atoms with Gasteiger partial charge in [0.1, 0.15) is 5.75 Å². The van der Waals surface area contributed by atoms with Crippen LogP contribution in [-0.2, 0) is 6.42 Å². The van der Waals surface area contributed by atoms with E-state index in [1.165, 1.54) is 5.56 Å². The average molecular weight is 291 g/mol. The highest BCUT2D eigenvalue weighted by molar-refractivity contribution is 6.02. The van der Waals surface area contributed by atoms with Crippen LogP contribution < -0.4 is 4.90 Å². The highest BCUT2D eigenvalue weighted by Crippen LogP contribution is 2.41. The van der Waals surface area contributed by atoms with Crippen molar-refractivity contribution in [1.29, 1.82) is 0 Å². The molecule has 112 valence electrons. The quantitative estimate of drug-likeness (QED) is 0.746. The second-order valence-corrected chi connectivity index (χ2v) is 5.78. The number of hydrogen-bond acceptors (Lipinski definition) is 2. The lowest BCUT2D eigenvalue weighted by Gasteiger charge is -2.20. The molecule has 3 aromatic rings. The summed E-state index contributed by atoms with van der Waals surface area (Å²) < 4.78 is 0. The molecular formula is C20H21NO. The Bertz CT molecular complexity index is 821. The van der Waals surface area contributed by atoms with E-state index in [4.69, 9.17) is 0 Å². The molecule has 0 unspecified atom stereocenters. The summed E-state index contributed by atoms with van der Waals surface area (Å²) in [6.45, 7) is 2.15. The molecule has 0 aromatic heterocycles. The van der Waals surface area contributed by atoms with Crippen molar-refractivity contribution in [2.45, 2.75) is 13.3 Å². The van der Waals surface area contributed by atoms with Gasteiger partial charge in [0.15, 0.2) is 0 Å². The Morgan fingerprint density at radius 1 is 0.955 bits per heavy atom. The van der Waals surface area contributed by atoms with Crippen molar-refractivity contribution < 1.29 is 5.11 Å². The summed E-state index contributed by atoms with van der Waals surface area (Å²) in [6, 6.07) is 18.4. The SMILES string of the molecule is CCc1ccc(N(C)C)c(-c2c(O)ccc3ccccc23)c1. The van der Waals surface area contributed by atoms with Crippen molar-refractivity contribution >= 4 is 16.5 Å². The first-order valence-electron chi connectivity index (χ1n) is 7.63. The maximum Gasteiger partial charge on any atom is 0.124 e. The maximum absolute atomic E-state index is 10.5. The first-order valence-corrected chi connectivity index (χ1v) is 7.63. The Hall–Kier alpha value is -2.48. The number of hydrogen-bond donors (Lipinski definition) is 1.